The molecule has 0 saturated carbocycles. The topological polar surface area (TPSA) is 21.3 Å². The Morgan fingerprint density at radius 3 is 2.41 bits per heavy atom. The van der Waals surface area contributed by atoms with Gasteiger partial charge in [-0.1, -0.05) is 6.92 Å². The van der Waals surface area contributed by atoms with Gasteiger partial charge in [0.2, 0.25) is 0 Å². The Morgan fingerprint density at radius 2 is 1.82 bits per heavy atom. The number of rotatable bonds is 6. The van der Waals surface area contributed by atoms with Gasteiger partial charge in [-0.3, -0.25) is 0 Å². The van der Waals surface area contributed by atoms with E-state index in [0.29, 0.717) is 12.7 Å². The second kappa shape index (κ2) is 6.61. The van der Waals surface area contributed by atoms with Crippen molar-refractivity contribution in [2.75, 3.05) is 13.7 Å². The quantitative estimate of drug-likeness (QED) is 0.780. The maximum Gasteiger partial charge on any atom is 0.161 e. The normalized spacial score (nSPS) is 12.8. The van der Waals surface area contributed by atoms with Gasteiger partial charge in [0.15, 0.2) is 11.6 Å². The molecule has 0 spiro atoms. The Kier molecular flexibility index (Phi) is 5.44. The molecule has 5 heteroatoms. The van der Waals surface area contributed by atoms with Gasteiger partial charge in [0.25, 0.3) is 0 Å². The van der Waals surface area contributed by atoms with Crippen molar-refractivity contribution < 1.29 is 17.9 Å². The lowest BCUT2D eigenvalue weighted by molar-refractivity contribution is 0.163. The van der Waals surface area contributed by atoms with Crippen molar-refractivity contribution in [3.8, 4) is 0 Å². The van der Waals surface area contributed by atoms with Gasteiger partial charge in [-0.2, -0.15) is 0 Å². The minimum absolute atomic E-state index is 0.0625. The lowest BCUT2D eigenvalue weighted by Gasteiger charge is -2.16. The Bertz CT molecular complexity index is 371. The van der Waals surface area contributed by atoms with Crippen LogP contribution in [-0.4, -0.2) is 19.8 Å². The van der Waals surface area contributed by atoms with Gasteiger partial charge in [-0.15, -0.1) is 0 Å². The molecule has 1 N–H and O–H groups in total. The maximum atomic E-state index is 13.3. The number of halogens is 3. The Hall–Kier alpha value is -1.07. The fraction of sp³-hybridized carbons (Fsp3) is 0.500. The van der Waals surface area contributed by atoms with Gasteiger partial charge < -0.3 is 10.1 Å². The second-order valence-electron chi connectivity index (χ2n) is 3.80. The van der Waals surface area contributed by atoms with Crippen LogP contribution in [0.2, 0.25) is 0 Å². The zero-order valence-corrected chi connectivity index (χ0v) is 9.90. The maximum absolute atomic E-state index is 13.3. The number of methoxy groups -OCH3 is 1. The van der Waals surface area contributed by atoms with Crippen LogP contribution < -0.4 is 5.32 Å². The zero-order chi connectivity index (χ0) is 12.8. The van der Waals surface area contributed by atoms with Crippen molar-refractivity contribution in [2.45, 2.75) is 25.9 Å². The van der Waals surface area contributed by atoms with Crippen molar-refractivity contribution in [3.05, 3.63) is 35.1 Å². The Labute approximate surface area is 98.8 Å². The number of benzene rings is 1. The first-order valence-corrected chi connectivity index (χ1v) is 5.44. The molecule has 0 aliphatic carbocycles. The van der Waals surface area contributed by atoms with E-state index in [1.165, 1.54) is 0 Å². The summed E-state index contributed by atoms with van der Waals surface area (Å²) in [6, 6.07) is 1.49. The minimum Gasteiger partial charge on any atom is -0.383 e. The van der Waals surface area contributed by atoms with Crippen molar-refractivity contribution >= 4 is 0 Å². The van der Waals surface area contributed by atoms with Crippen LogP contribution in [-0.2, 0) is 11.3 Å². The lowest BCUT2D eigenvalue weighted by atomic mass is 10.1. The number of hydrogen-bond donors (Lipinski definition) is 1. The summed E-state index contributed by atoms with van der Waals surface area (Å²) >= 11 is 0. The standard InChI is InChI=1S/C12H16F3NO/c1-3-9(7-17-2)16-6-8-4-11(14)12(15)5-10(8)13/h4-5,9,16H,3,6-7H2,1-2H3. The van der Waals surface area contributed by atoms with Gasteiger partial charge in [0.1, 0.15) is 5.82 Å². The van der Waals surface area contributed by atoms with Crippen LogP contribution in [0.3, 0.4) is 0 Å². The smallest absolute Gasteiger partial charge is 0.161 e. The summed E-state index contributed by atoms with van der Waals surface area (Å²) in [5.41, 5.74) is 0.110. The van der Waals surface area contributed by atoms with Gasteiger partial charge in [-0.25, -0.2) is 13.2 Å². The van der Waals surface area contributed by atoms with Crippen LogP contribution in [0.25, 0.3) is 0 Å². The average Bonchev–Trinajstić information content (AvgIpc) is 2.30. The summed E-state index contributed by atoms with van der Waals surface area (Å²) in [4.78, 5) is 0. The summed E-state index contributed by atoms with van der Waals surface area (Å²) in [5.74, 6) is -2.96. The van der Waals surface area contributed by atoms with E-state index in [-0.39, 0.29) is 18.2 Å². The lowest BCUT2D eigenvalue weighted by Crippen LogP contribution is -2.32. The molecule has 0 aromatic heterocycles. The first-order chi connectivity index (χ1) is 8.08. The molecule has 1 aromatic rings. The fourth-order valence-corrected chi connectivity index (χ4v) is 1.48. The Morgan fingerprint density at radius 1 is 1.18 bits per heavy atom. The third kappa shape index (κ3) is 4.02. The predicted octanol–water partition coefficient (Wildman–Crippen LogP) is 2.62. The highest BCUT2D eigenvalue weighted by molar-refractivity contribution is 5.20. The van der Waals surface area contributed by atoms with Gasteiger partial charge >= 0.3 is 0 Å². The van der Waals surface area contributed by atoms with Crippen LogP contribution in [0.15, 0.2) is 12.1 Å². The van der Waals surface area contributed by atoms with Crippen LogP contribution in [0.4, 0.5) is 13.2 Å². The number of ether oxygens (including phenoxy) is 1. The third-order valence-electron chi connectivity index (χ3n) is 2.53. The Balaban J connectivity index is 2.65. The van der Waals surface area contributed by atoms with Crippen LogP contribution in [0.5, 0.6) is 0 Å². The largest absolute Gasteiger partial charge is 0.383 e. The molecule has 1 aromatic carbocycles. The van der Waals surface area contributed by atoms with Crippen LogP contribution in [0, 0.1) is 17.5 Å². The van der Waals surface area contributed by atoms with E-state index in [9.17, 15) is 13.2 Å². The first-order valence-electron chi connectivity index (χ1n) is 5.44. The molecule has 1 atom stereocenters. The molecule has 96 valence electrons. The van der Waals surface area contributed by atoms with Crippen molar-refractivity contribution in [1.29, 1.82) is 0 Å². The summed E-state index contributed by atoms with van der Waals surface area (Å²) in [6.45, 7) is 2.59. The van der Waals surface area contributed by atoms with E-state index in [0.717, 1.165) is 12.5 Å². The molecule has 0 radical (unpaired) electrons. The number of nitrogens with one attached hydrogen (secondary N) is 1. The van der Waals surface area contributed by atoms with E-state index < -0.39 is 17.5 Å². The van der Waals surface area contributed by atoms with Gasteiger partial charge in [0, 0.05) is 31.3 Å². The van der Waals surface area contributed by atoms with E-state index in [1.54, 1.807) is 7.11 Å². The first kappa shape index (κ1) is 14.0. The molecule has 2 nitrogen and oxygen atoms in total. The van der Waals surface area contributed by atoms with E-state index in [1.807, 2.05) is 6.92 Å². The zero-order valence-electron chi connectivity index (χ0n) is 9.90. The summed E-state index contributed by atoms with van der Waals surface area (Å²) in [5, 5.41) is 3.02. The number of hydrogen-bond acceptors (Lipinski definition) is 2. The predicted molar refractivity (Wildman–Crippen MR) is 59.1 cm³/mol. The highest BCUT2D eigenvalue weighted by Gasteiger charge is 2.11. The molecule has 0 fully saturated rings. The van der Waals surface area contributed by atoms with Crippen molar-refractivity contribution in [1.82, 2.24) is 5.32 Å². The van der Waals surface area contributed by atoms with Crippen molar-refractivity contribution in [2.24, 2.45) is 0 Å². The highest BCUT2D eigenvalue weighted by atomic mass is 19.2. The summed E-state index contributed by atoms with van der Waals surface area (Å²) in [6.07, 6.45) is 0.805. The molecule has 0 aliphatic rings. The van der Waals surface area contributed by atoms with Crippen LogP contribution >= 0.6 is 0 Å². The SMILES string of the molecule is CCC(COC)NCc1cc(F)c(F)cc1F. The minimum atomic E-state index is -1.17. The molecular weight excluding hydrogens is 231 g/mol. The molecule has 17 heavy (non-hydrogen) atoms. The molecule has 1 rings (SSSR count). The molecule has 1 unspecified atom stereocenters. The summed E-state index contributed by atoms with van der Waals surface area (Å²) in [7, 11) is 1.57. The molecule has 0 aliphatic heterocycles. The molecule has 0 heterocycles. The molecule has 0 bridgehead atoms. The third-order valence-corrected chi connectivity index (χ3v) is 2.53. The van der Waals surface area contributed by atoms with Gasteiger partial charge in [0.05, 0.1) is 6.61 Å². The van der Waals surface area contributed by atoms with Crippen molar-refractivity contribution in [3.63, 3.8) is 0 Å². The monoisotopic (exact) mass is 247 g/mol. The van der Waals surface area contributed by atoms with E-state index in [2.05, 4.69) is 5.32 Å². The summed E-state index contributed by atoms with van der Waals surface area (Å²) < 4.78 is 43.9. The molecular formula is C12H16F3NO. The van der Waals surface area contributed by atoms with Crippen LogP contribution in [0.1, 0.15) is 18.9 Å². The van der Waals surface area contributed by atoms with Gasteiger partial charge in [-0.05, 0) is 12.5 Å². The molecule has 0 saturated heterocycles. The van der Waals surface area contributed by atoms with E-state index >= 15 is 0 Å². The fourth-order valence-electron chi connectivity index (χ4n) is 1.48. The highest BCUT2D eigenvalue weighted by Crippen LogP contribution is 2.13. The molecule has 0 amide bonds. The average molecular weight is 247 g/mol. The second-order valence-corrected chi connectivity index (χ2v) is 3.80. The van der Waals surface area contributed by atoms with E-state index in [4.69, 9.17) is 4.74 Å².